The maximum Gasteiger partial charge on any atom is 0.221 e. The van der Waals surface area contributed by atoms with Crippen LogP contribution in [0.1, 0.15) is 16.8 Å². The minimum absolute atomic E-state index is 1.22. The van der Waals surface area contributed by atoms with E-state index >= 15 is 0 Å². The van der Waals surface area contributed by atoms with E-state index in [0.717, 1.165) is 0 Å². The maximum atomic E-state index is 2.39. The first-order chi connectivity index (χ1) is 25.2. The molecular formula is C49H35N2+. The number of nitrogens with zero attached hydrogens (tertiary/aromatic N) is 2. The molecule has 0 bridgehead atoms. The van der Waals surface area contributed by atoms with Crippen LogP contribution in [-0.4, -0.2) is 4.57 Å². The first kappa shape index (κ1) is 29.4. The second-order valence-corrected chi connectivity index (χ2v) is 13.5. The van der Waals surface area contributed by atoms with Crippen molar-refractivity contribution in [2.24, 2.45) is 14.1 Å². The van der Waals surface area contributed by atoms with Gasteiger partial charge in [-0.15, -0.1) is 0 Å². The van der Waals surface area contributed by atoms with Gasteiger partial charge < -0.3 is 4.57 Å². The van der Waals surface area contributed by atoms with Crippen LogP contribution in [0.15, 0.2) is 170 Å². The highest BCUT2D eigenvalue weighted by atomic mass is 15.0. The van der Waals surface area contributed by atoms with Crippen LogP contribution in [0, 0.1) is 0 Å². The standard InChI is InChI=1S/C49H35N2/c1-50-42-30-15-13-26-40(42)44(32-18-5-3-6-19-32)46-36-24-11-9-22-34(36)38(48(46)50)28-17-29-39-35-23-10-12-25-37(35)47-45(33-20-7-4-8-21-33)41-27-14-16-31-43(41)51(2)49(39)47/h3-31H,1-2H3/q+1. The third-order valence-corrected chi connectivity index (χ3v) is 10.8. The van der Waals surface area contributed by atoms with Crippen molar-refractivity contribution in [1.29, 1.82) is 0 Å². The summed E-state index contributed by atoms with van der Waals surface area (Å²) in [6.45, 7) is 0. The van der Waals surface area contributed by atoms with Gasteiger partial charge in [-0.05, 0) is 51.2 Å². The number of para-hydroxylation sites is 2. The van der Waals surface area contributed by atoms with Gasteiger partial charge in [-0.3, -0.25) is 0 Å². The van der Waals surface area contributed by atoms with Crippen molar-refractivity contribution in [2.75, 3.05) is 0 Å². The molecule has 0 fully saturated rings. The van der Waals surface area contributed by atoms with Crippen molar-refractivity contribution in [1.82, 2.24) is 4.57 Å². The number of rotatable bonds is 4. The Morgan fingerprint density at radius 1 is 0.490 bits per heavy atom. The number of fused-ring (bicyclic) bond motifs is 8. The minimum Gasteiger partial charge on any atom is -0.343 e. The van der Waals surface area contributed by atoms with E-state index in [1.54, 1.807) is 0 Å². The van der Waals surface area contributed by atoms with Crippen LogP contribution < -0.4 is 4.57 Å². The van der Waals surface area contributed by atoms with E-state index in [1.165, 1.54) is 99.6 Å². The quantitative estimate of drug-likeness (QED) is 0.167. The molecule has 0 unspecified atom stereocenters. The summed E-state index contributed by atoms with van der Waals surface area (Å²) in [5.41, 5.74) is 17.6. The number of benzene rings is 6. The lowest BCUT2D eigenvalue weighted by Gasteiger charge is -2.20. The number of aryl methyl sites for hydroxylation is 2. The Labute approximate surface area is 297 Å². The summed E-state index contributed by atoms with van der Waals surface area (Å²) in [5, 5.41) is 5.07. The highest BCUT2D eigenvalue weighted by molar-refractivity contribution is 6.18. The second-order valence-electron chi connectivity index (χ2n) is 13.5. The summed E-state index contributed by atoms with van der Waals surface area (Å²) in [6.07, 6.45) is 6.94. The number of allylic oxidation sites excluding steroid dienone is 2. The van der Waals surface area contributed by atoms with Crippen molar-refractivity contribution in [3.8, 4) is 44.6 Å². The fourth-order valence-corrected chi connectivity index (χ4v) is 8.71. The van der Waals surface area contributed by atoms with Crippen LogP contribution in [-0.2, 0) is 14.1 Å². The minimum atomic E-state index is 1.22. The smallest absolute Gasteiger partial charge is 0.221 e. The fraction of sp³-hybridized carbons (Fsp3) is 0.0408. The SMILES string of the molecule is Cn1c2c(/C=C/C=C3\c4ccccc4-c4c(-c5ccccc5)c5ccccc5[n+](C)c43)c3ccccc3c-2c(-c2ccccc2)c2ccccc21. The van der Waals surface area contributed by atoms with E-state index in [4.69, 9.17) is 0 Å². The van der Waals surface area contributed by atoms with Gasteiger partial charge in [-0.25, -0.2) is 0 Å². The number of hydrogen-bond donors (Lipinski definition) is 0. The van der Waals surface area contributed by atoms with Crippen LogP contribution in [0.3, 0.4) is 0 Å². The largest absolute Gasteiger partial charge is 0.343 e. The Hall–Kier alpha value is -6.51. The van der Waals surface area contributed by atoms with Crippen LogP contribution in [0.25, 0.3) is 88.9 Å². The van der Waals surface area contributed by atoms with Gasteiger partial charge in [0, 0.05) is 46.3 Å². The van der Waals surface area contributed by atoms with Crippen molar-refractivity contribution >= 4 is 44.2 Å². The molecule has 0 N–H and O–H groups in total. The number of pyridine rings is 2. The summed E-state index contributed by atoms with van der Waals surface area (Å²) in [7, 11) is 4.43. The predicted octanol–water partition coefficient (Wildman–Crippen LogP) is 11.9. The molecule has 3 aliphatic rings. The van der Waals surface area contributed by atoms with Gasteiger partial charge in [0.1, 0.15) is 7.05 Å². The zero-order valence-corrected chi connectivity index (χ0v) is 28.6. The maximum absolute atomic E-state index is 2.39. The Morgan fingerprint density at radius 3 is 1.76 bits per heavy atom. The Balaban J connectivity index is 1.24. The van der Waals surface area contributed by atoms with E-state index in [1.807, 2.05) is 0 Å². The summed E-state index contributed by atoms with van der Waals surface area (Å²) in [6, 6.07) is 57.2. The summed E-state index contributed by atoms with van der Waals surface area (Å²) < 4.78 is 4.78. The van der Waals surface area contributed by atoms with Crippen molar-refractivity contribution in [2.45, 2.75) is 0 Å². The molecule has 10 rings (SSSR count). The predicted molar refractivity (Wildman–Crippen MR) is 215 cm³/mol. The topological polar surface area (TPSA) is 8.81 Å². The monoisotopic (exact) mass is 651 g/mol. The Bertz CT molecular complexity index is 2850. The zero-order valence-electron chi connectivity index (χ0n) is 28.6. The van der Waals surface area contributed by atoms with E-state index in [-0.39, 0.29) is 0 Å². The zero-order chi connectivity index (χ0) is 34.1. The molecule has 2 aliphatic carbocycles. The van der Waals surface area contributed by atoms with E-state index in [9.17, 15) is 0 Å². The lowest BCUT2D eigenvalue weighted by Crippen LogP contribution is -2.34. The molecule has 1 aliphatic heterocycles. The highest BCUT2D eigenvalue weighted by Crippen LogP contribution is 2.51. The molecule has 1 aromatic heterocycles. The molecule has 7 aromatic rings. The second kappa shape index (κ2) is 11.5. The van der Waals surface area contributed by atoms with Crippen molar-refractivity contribution < 1.29 is 4.57 Å². The Morgan fingerprint density at radius 2 is 1.04 bits per heavy atom. The molecule has 2 heterocycles. The number of aromatic nitrogens is 2. The van der Waals surface area contributed by atoms with Crippen LogP contribution in [0.4, 0.5) is 0 Å². The third kappa shape index (κ3) is 4.33. The molecule has 2 heteroatoms. The molecule has 0 spiro atoms. The molecule has 240 valence electrons. The van der Waals surface area contributed by atoms with Crippen LogP contribution >= 0.6 is 0 Å². The summed E-state index contributed by atoms with van der Waals surface area (Å²) in [4.78, 5) is 0. The Kier molecular flexibility index (Phi) is 6.65. The molecule has 6 aromatic carbocycles. The van der Waals surface area contributed by atoms with Gasteiger partial charge in [-0.1, -0.05) is 152 Å². The van der Waals surface area contributed by atoms with Gasteiger partial charge in [0.25, 0.3) is 0 Å². The van der Waals surface area contributed by atoms with Crippen LogP contribution in [0.5, 0.6) is 0 Å². The van der Waals surface area contributed by atoms with E-state index in [2.05, 4.69) is 199 Å². The van der Waals surface area contributed by atoms with E-state index < -0.39 is 0 Å². The molecule has 0 amide bonds. The first-order valence-corrected chi connectivity index (χ1v) is 17.7. The molecule has 0 saturated carbocycles. The molecule has 0 atom stereocenters. The lowest BCUT2D eigenvalue weighted by molar-refractivity contribution is -0.646. The average molecular weight is 652 g/mol. The average Bonchev–Trinajstić information content (AvgIpc) is 3.69. The molecule has 0 radical (unpaired) electrons. The van der Waals surface area contributed by atoms with Gasteiger partial charge in [-0.2, -0.15) is 4.57 Å². The normalized spacial score (nSPS) is 13.3. The number of hydrogen-bond acceptors (Lipinski definition) is 0. The van der Waals surface area contributed by atoms with Gasteiger partial charge >= 0.3 is 0 Å². The van der Waals surface area contributed by atoms with Gasteiger partial charge in [0.15, 0.2) is 0 Å². The summed E-state index contributed by atoms with van der Waals surface area (Å²) in [5.74, 6) is 0. The molecule has 51 heavy (non-hydrogen) atoms. The van der Waals surface area contributed by atoms with Crippen molar-refractivity contribution in [3.05, 3.63) is 187 Å². The molecule has 0 saturated heterocycles. The van der Waals surface area contributed by atoms with E-state index in [0.29, 0.717) is 0 Å². The molecule has 2 nitrogen and oxygen atoms in total. The lowest BCUT2D eigenvalue weighted by atomic mass is 9.92. The van der Waals surface area contributed by atoms with Gasteiger partial charge in [0.05, 0.1) is 22.2 Å². The van der Waals surface area contributed by atoms with Crippen molar-refractivity contribution in [3.63, 3.8) is 0 Å². The van der Waals surface area contributed by atoms with Gasteiger partial charge in [0.2, 0.25) is 11.2 Å². The third-order valence-electron chi connectivity index (χ3n) is 10.8. The van der Waals surface area contributed by atoms with Crippen LogP contribution in [0.2, 0.25) is 0 Å². The summed E-state index contributed by atoms with van der Waals surface area (Å²) >= 11 is 0. The highest BCUT2D eigenvalue weighted by Gasteiger charge is 2.35. The molecular weight excluding hydrogens is 617 g/mol. The first-order valence-electron chi connectivity index (χ1n) is 17.7. The fourth-order valence-electron chi connectivity index (χ4n) is 8.71.